The second-order valence-electron chi connectivity index (χ2n) is 6.71. The summed E-state index contributed by atoms with van der Waals surface area (Å²) < 4.78 is 34.0. The third-order valence-corrected chi connectivity index (χ3v) is 7.00. The van der Waals surface area contributed by atoms with Gasteiger partial charge in [-0.3, -0.25) is 4.31 Å². The van der Waals surface area contributed by atoms with Gasteiger partial charge in [-0.15, -0.1) is 0 Å². The lowest BCUT2D eigenvalue weighted by Gasteiger charge is -2.37. The number of fused-ring (bicyclic) bond motifs is 3. The van der Waals surface area contributed by atoms with Crippen LogP contribution in [0.25, 0.3) is 11.1 Å². The smallest absolute Gasteiger partial charge is 0.264 e. The molecular formula is C22H21NO3S. The van der Waals surface area contributed by atoms with Crippen molar-refractivity contribution in [1.29, 1.82) is 0 Å². The van der Waals surface area contributed by atoms with Gasteiger partial charge in [0.05, 0.1) is 23.7 Å². The molecule has 0 bridgehead atoms. The molecule has 0 aromatic heterocycles. The fourth-order valence-electron chi connectivity index (χ4n) is 3.80. The second-order valence-corrected chi connectivity index (χ2v) is 8.53. The van der Waals surface area contributed by atoms with Gasteiger partial charge in [0.2, 0.25) is 0 Å². The van der Waals surface area contributed by atoms with Crippen molar-refractivity contribution in [3.05, 3.63) is 77.9 Å². The average molecular weight is 379 g/mol. The van der Waals surface area contributed by atoms with Gasteiger partial charge in [0, 0.05) is 5.56 Å². The SMILES string of the molecule is COc1ccc(S(=O)(=O)N2c3ccccc3-c3ccccc3C2C)cc1C. The van der Waals surface area contributed by atoms with E-state index < -0.39 is 10.0 Å². The van der Waals surface area contributed by atoms with E-state index in [0.717, 1.165) is 22.3 Å². The van der Waals surface area contributed by atoms with Crippen molar-refractivity contribution in [1.82, 2.24) is 0 Å². The van der Waals surface area contributed by atoms with E-state index in [2.05, 4.69) is 0 Å². The molecule has 27 heavy (non-hydrogen) atoms. The molecule has 3 aromatic carbocycles. The van der Waals surface area contributed by atoms with E-state index >= 15 is 0 Å². The molecule has 0 fully saturated rings. The van der Waals surface area contributed by atoms with Gasteiger partial charge in [0.1, 0.15) is 5.75 Å². The Kier molecular flexibility index (Phi) is 4.19. The zero-order valence-electron chi connectivity index (χ0n) is 15.5. The first-order valence-corrected chi connectivity index (χ1v) is 10.3. The Morgan fingerprint density at radius 2 is 1.59 bits per heavy atom. The Morgan fingerprint density at radius 1 is 0.926 bits per heavy atom. The molecule has 1 atom stereocenters. The summed E-state index contributed by atoms with van der Waals surface area (Å²) in [7, 11) is -2.16. The van der Waals surface area contributed by atoms with E-state index in [-0.39, 0.29) is 10.9 Å². The largest absolute Gasteiger partial charge is 0.496 e. The zero-order valence-corrected chi connectivity index (χ0v) is 16.3. The van der Waals surface area contributed by atoms with Gasteiger partial charge in [0.25, 0.3) is 10.0 Å². The number of ether oxygens (including phenoxy) is 1. The molecule has 3 aromatic rings. The van der Waals surface area contributed by atoms with Crippen LogP contribution >= 0.6 is 0 Å². The maximum atomic E-state index is 13.6. The molecule has 1 aliphatic rings. The van der Waals surface area contributed by atoms with Crippen LogP contribution in [0.2, 0.25) is 0 Å². The van der Waals surface area contributed by atoms with Crippen molar-refractivity contribution >= 4 is 15.7 Å². The van der Waals surface area contributed by atoms with E-state index in [1.54, 1.807) is 25.3 Å². The summed E-state index contributed by atoms with van der Waals surface area (Å²) >= 11 is 0. The van der Waals surface area contributed by atoms with Crippen LogP contribution in [0.4, 0.5) is 5.69 Å². The minimum absolute atomic E-state index is 0.266. The number of hydrogen-bond donors (Lipinski definition) is 0. The maximum Gasteiger partial charge on any atom is 0.264 e. The molecule has 4 nitrogen and oxygen atoms in total. The molecule has 0 saturated heterocycles. The van der Waals surface area contributed by atoms with Crippen LogP contribution in [0.3, 0.4) is 0 Å². The number of anilines is 1. The van der Waals surface area contributed by atoms with Crippen molar-refractivity contribution in [2.45, 2.75) is 24.8 Å². The summed E-state index contributed by atoms with van der Waals surface area (Å²) in [5.41, 5.74) is 4.51. The Hall–Kier alpha value is -2.79. The van der Waals surface area contributed by atoms with E-state index in [0.29, 0.717) is 11.4 Å². The quantitative estimate of drug-likeness (QED) is 0.647. The topological polar surface area (TPSA) is 46.6 Å². The fraction of sp³-hybridized carbons (Fsp3) is 0.182. The molecule has 0 spiro atoms. The summed E-state index contributed by atoms with van der Waals surface area (Å²) in [5, 5.41) is 0. The molecule has 138 valence electrons. The van der Waals surface area contributed by atoms with Gasteiger partial charge in [-0.1, -0.05) is 42.5 Å². The van der Waals surface area contributed by atoms with Gasteiger partial charge in [-0.2, -0.15) is 0 Å². The van der Waals surface area contributed by atoms with Gasteiger partial charge in [-0.05, 0) is 54.8 Å². The molecule has 0 N–H and O–H groups in total. The number of benzene rings is 3. The summed E-state index contributed by atoms with van der Waals surface area (Å²) in [5.74, 6) is 0.673. The average Bonchev–Trinajstić information content (AvgIpc) is 2.68. The van der Waals surface area contributed by atoms with Crippen molar-refractivity contribution < 1.29 is 13.2 Å². The van der Waals surface area contributed by atoms with Gasteiger partial charge in [0.15, 0.2) is 0 Å². The minimum Gasteiger partial charge on any atom is -0.496 e. The highest BCUT2D eigenvalue weighted by atomic mass is 32.2. The van der Waals surface area contributed by atoms with Crippen LogP contribution in [0.5, 0.6) is 5.75 Å². The van der Waals surface area contributed by atoms with Crippen molar-refractivity contribution in [2.75, 3.05) is 11.4 Å². The van der Waals surface area contributed by atoms with Crippen LogP contribution < -0.4 is 9.04 Å². The van der Waals surface area contributed by atoms with Gasteiger partial charge >= 0.3 is 0 Å². The van der Waals surface area contributed by atoms with Crippen molar-refractivity contribution in [3.8, 4) is 16.9 Å². The number of nitrogens with zero attached hydrogens (tertiary/aromatic N) is 1. The summed E-state index contributed by atoms with van der Waals surface area (Å²) in [6.45, 7) is 3.78. The van der Waals surface area contributed by atoms with Crippen molar-refractivity contribution in [3.63, 3.8) is 0 Å². The van der Waals surface area contributed by atoms with Crippen LogP contribution in [0.15, 0.2) is 71.6 Å². The molecule has 0 saturated carbocycles. The number of hydrogen-bond acceptors (Lipinski definition) is 3. The molecule has 1 aliphatic heterocycles. The molecule has 5 heteroatoms. The fourth-order valence-corrected chi connectivity index (χ4v) is 5.54. The van der Waals surface area contributed by atoms with Crippen LogP contribution in [0.1, 0.15) is 24.1 Å². The monoisotopic (exact) mass is 379 g/mol. The summed E-state index contributed by atoms with van der Waals surface area (Å²) in [6.07, 6.45) is 0. The molecule has 0 radical (unpaired) electrons. The Morgan fingerprint density at radius 3 is 2.30 bits per heavy atom. The molecule has 0 aliphatic carbocycles. The lowest BCUT2D eigenvalue weighted by atomic mass is 9.90. The first-order chi connectivity index (χ1) is 12.9. The number of para-hydroxylation sites is 1. The van der Waals surface area contributed by atoms with Crippen LogP contribution in [-0.2, 0) is 10.0 Å². The van der Waals surface area contributed by atoms with E-state index in [1.165, 1.54) is 4.31 Å². The van der Waals surface area contributed by atoms with Crippen molar-refractivity contribution in [2.24, 2.45) is 0 Å². The summed E-state index contributed by atoms with van der Waals surface area (Å²) in [4.78, 5) is 0.266. The molecular weight excluding hydrogens is 358 g/mol. The standard InChI is InChI=1S/C22H21NO3S/c1-15-14-17(12-13-22(15)26-3)27(24,25)23-16(2)18-8-4-5-9-19(18)20-10-6-7-11-21(20)23/h4-14,16H,1-3H3. The number of sulfonamides is 1. The first-order valence-electron chi connectivity index (χ1n) is 8.82. The number of methoxy groups -OCH3 is 1. The van der Waals surface area contributed by atoms with Gasteiger partial charge < -0.3 is 4.74 Å². The molecule has 1 heterocycles. The normalized spacial score (nSPS) is 15.8. The van der Waals surface area contributed by atoms with Crippen LogP contribution in [0, 0.1) is 6.92 Å². The maximum absolute atomic E-state index is 13.6. The number of rotatable bonds is 3. The van der Waals surface area contributed by atoms with E-state index in [1.807, 2.05) is 62.4 Å². The highest BCUT2D eigenvalue weighted by molar-refractivity contribution is 7.92. The van der Waals surface area contributed by atoms with Crippen LogP contribution in [-0.4, -0.2) is 15.5 Å². The molecule has 4 rings (SSSR count). The third-order valence-electron chi connectivity index (χ3n) is 5.12. The first kappa shape index (κ1) is 17.6. The number of aryl methyl sites for hydroxylation is 1. The van der Waals surface area contributed by atoms with E-state index in [4.69, 9.17) is 4.74 Å². The Bertz CT molecular complexity index is 1120. The molecule has 0 amide bonds. The molecule has 1 unspecified atom stereocenters. The lowest BCUT2D eigenvalue weighted by Crippen LogP contribution is -2.36. The van der Waals surface area contributed by atoms with Gasteiger partial charge in [-0.25, -0.2) is 8.42 Å². The predicted octanol–water partition coefficient (Wildman–Crippen LogP) is 4.94. The highest BCUT2D eigenvalue weighted by Gasteiger charge is 2.36. The third kappa shape index (κ3) is 2.70. The Balaban J connectivity index is 1.92. The summed E-state index contributed by atoms with van der Waals surface area (Å²) in [6, 6.07) is 20.3. The second kappa shape index (κ2) is 6.43. The zero-order chi connectivity index (χ0) is 19.2. The minimum atomic E-state index is -3.74. The highest BCUT2D eigenvalue weighted by Crippen LogP contribution is 2.46. The Labute approximate surface area is 160 Å². The van der Waals surface area contributed by atoms with E-state index in [9.17, 15) is 8.42 Å². The predicted molar refractivity (Wildman–Crippen MR) is 108 cm³/mol. The lowest BCUT2D eigenvalue weighted by molar-refractivity contribution is 0.411.